The van der Waals surface area contributed by atoms with Crippen LogP contribution in [-0.2, 0) is 18.4 Å². The van der Waals surface area contributed by atoms with E-state index < -0.39 is 26.6 Å². The molecule has 8 nitrogen and oxygen atoms in total. The van der Waals surface area contributed by atoms with Crippen molar-refractivity contribution in [1.82, 2.24) is 5.32 Å². The Morgan fingerprint density at radius 3 is 1.19 bits per heavy atom. The molecule has 0 saturated carbocycles. The number of rotatable bonds is 54. The second-order valence-corrected chi connectivity index (χ2v) is 22.8. The molecule has 0 aliphatic carbocycles. The average molecular weight is 980 g/mol. The van der Waals surface area contributed by atoms with Gasteiger partial charge in [-0.1, -0.05) is 256 Å². The van der Waals surface area contributed by atoms with Crippen LogP contribution < -0.4 is 10.2 Å². The summed E-state index contributed by atoms with van der Waals surface area (Å²) in [5.41, 5.74) is 0. The number of allylic oxidation sites excluding steroid dienone is 5. The molecule has 0 aromatic heterocycles. The summed E-state index contributed by atoms with van der Waals surface area (Å²) in [6.07, 6.45) is 65.1. The number of hydrogen-bond donors (Lipinski definition) is 2. The summed E-state index contributed by atoms with van der Waals surface area (Å²) in [4.78, 5) is 25.5. The lowest BCUT2D eigenvalue weighted by Crippen LogP contribution is -2.45. The Morgan fingerprint density at radius 1 is 0.500 bits per heavy atom. The Bertz CT molecular complexity index is 1200. The van der Waals surface area contributed by atoms with Gasteiger partial charge in [0.2, 0.25) is 5.91 Å². The molecule has 9 heteroatoms. The fraction of sp³-hybridized carbons (Fsp3) is 0.881. The first-order valence-corrected chi connectivity index (χ1v) is 30.8. The van der Waals surface area contributed by atoms with Crippen LogP contribution in [0.3, 0.4) is 0 Å². The summed E-state index contributed by atoms with van der Waals surface area (Å²) in [5.74, 6) is -0.206. The van der Waals surface area contributed by atoms with Crippen LogP contribution in [0.5, 0.6) is 0 Å². The lowest BCUT2D eigenvalue weighted by Gasteiger charge is -2.29. The molecule has 3 atom stereocenters. The largest absolute Gasteiger partial charge is 0.756 e. The zero-order valence-corrected chi connectivity index (χ0v) is 46.7. The molecule has 402 valence electrons. The van der Waals surface area contributed by atoms with Crippen LogP contribution in [0, 0.1) is 0 Å². The molecule has 0 aliphatic heterocycles. The predicted octanol–water partition coefficient (Wildman–Crippen LogP) is 17.1. The molecule has 0 aromatic rings. The van der Waals surface area contributed by atoms with Crippen molar-refractivity contribution in [3.05, 3.63) is 36.5 Å². The van der Waals surface area contributed by atoms with Crippen molar-refractivity contribution in [2.75, 3.05) is 40.9 Å². The lowest BCUT2D eigenvalue weighted by atomic mass is 10.0. The third-order valence-corrected chi connectivity index (χ3v) is 14.3. The molecule has 0 aliphatic rings. The van der Waals surface area contributed by atoms with Crippen molar-refractivity contribution in [3.8, 4) is 0 Å². The number of unbranched alkanes of at least 4 members (excludes halogenated alkanes) is 37. The smallest absolute Gasteiger partial charge is 0.268 e. The highest BCUT2D eigenvalue weighted by Gasteiger charge is 2.23. The molecule has 1 amide bonds. The van der Waals surface area contributed by atoms with E-state index in [1.807, 2.05) is 27.2 Å². The molecule has 0 spiro atoms. The third kappa shape index (κ3) is 52.5. The first kappa shape index (κ1) is 66.7. The summed E-state index contributed by atoms with van der Waals surface area (Å²) in [7, 11) is 1.25. The summed E-state index contributed by atoms with van der Waals surface area (Å²) >= 11 is 0. The summed E-state index contributed by atoms with van der Waals surface area (Å²) in [6.45, 7) is 4.66. The molecule has 0 radical (unpaired) electrons. The fourth-order valence-electron chi connectivity index (χ4n) is 8.70. The molecule has 0 heterocycles. The number of aliphatic hydroxyl groups is 1. The molecule has 0 saturated heterocycles. The van der Waals surface area contributed by atoms with Crippen molar-refractivity contribution in [3.63, 3.8) is 0 Å². The van der Waals surface area contributed by atoms with Crippen LogP contribution in [0.4, 0.5) is 0 Å². The van der Waals surface area contributed by atoms with Gasteiger partial charge in [-0.3, -0.25) is 9.36 Å². The summed E-state index contributed by atoms with van der Waals surface area (Å²) in [5, 5.41) is 13.9. The molecule has 2 N–H and O–H groups in total. The number of nitrogens with zero attached hydrogens (tertiary/aromatic N) is 1. The normalized spacial score (nSPS) is 14.2. The van der Waals surface area contributed by atoms with E-state index in [0.717, 1.165) is 38.5 Å². The number of nitrogens with one attached hydrogen (secondary N) is 1. The number of quaternary nitrogens is 1. The van der Waals surface area contributed by atoms with E-state index in [9.17, 15) is 19.4 Å². The quantitative estimate of drug-likeness (QED) is 0.0272. The Labute approximate surface area is 423 Å². The number of amides is 1. The Morgan fingerprint density at radius 2 is 0.824 bits per heavy atom. The topological polar surface area (TPSA) is 108 Å². The van der Waals surface area contributed by atoms with E-state index in [4.69, 9.17) is 9.05 Å². The maximum absolute atomic E-state index is 13.0. The van der Waals surface area contributed by atoms with Crippen molar-refractivity contribution in [2.45, 2.75) is 296 Å². The summed E-state index contributed by atoms with van der Waals surface area (Å²) in [6, 6.07) is -0.904. The minimum Gasteiger partial charge on any atom is -0.756 e. The van der Waals surface area contributed by atoms with E-state index in [2.05, 4.69) is 43.5 Å². The van der Waals surface area contributed by atoms with E-state index in [0.29, 0.717) is 17.4 Å². The van der Waals surface area contributed by atoms with Crippen molar-refractivity contribution >= 4 is 13.7 Å². The molecule has 0 aromatic carbocycles. The Balaban J connectivity index is 4.24. The maximum atomic E-state index is 13.0. The molecular formula is C59H115N2O6P. The standard InChI is InChI=1S/C59H115N2O6P/c1-6-8-10-12-14-16-18-20-22-24-26-28-29-30-31-33-34-36-38-40-42-44-46-48-50-52-58(62)57(56-67-68(64,65)66-55-54-61(3,4)5)60-59(63)53-51-49-47-45-43-41-39-37-35-32-27-25-23-21-19-17-15-13-11-9-7-2/h25,27,42,44,50,52,57-58,62H,6-24,26,28-41,43,45-49,51,53-56H2,1-5H3,(H-,60,63,64,65)/b27-25-,44-42+,52-50+. The van der Waals surface area contributed by atoms with Gasteiger partial charge in [-0.2, -0.15) is 0 Å². The van der Waals surface area contributed by atoms with E-state index in [1.165, 1.54) is 225 Å². The first-order valence-electron chi connectivity index (χ1n) is 29.4. The van der Waals surface area contributed by atoms with Gasteiger partial charge in [0.05, 0.1) is 39.9 Å². The fourth-order valence-corrected chi connectivity index (χ4v) is 9.42. The number of carbonyl (C=O) groups is 1. The monoisotopic (exact) mass is 979 g/mol. The van der Waals surface area contributed by atoms with Crippen LogP contribution >= 0.6 is 7.82 Å². The van der Waals surface area contributed by atoms with Gasteiger partial charge in [0.15, 0.2) is 0 Å². The number of aliphatic hydroxyl groups excluding tert-OH is 1. The Kier molecular flexibility index (Phi) is 49.7. The van der Waals surface area contributed by atoms with Crippen LogP contribution in [0.25, 0.3) is 0 Å². The SMILES string of the molecule is CCCCCCCCCC/C=C\CCCCCCCCCCCC(=O)NC(COP(=O)([O-])OCC[N+](C)(C)C)C(O)/C=C/CC/C=C/CCCCCCCCCCCCCCCCCCCCC. The summed E-state index contributed by atoms with van der Waals surface area (Å²) < 4.78 is 23.3. The van der Waals surface area contributed by atoms with Gasteiger partial charge in [0.25, 0.3) is 7.82 Å². The van der Waals surface area contributed by atoms with Crippen molar-refractivity contribution < 1.29 is 32.9 Å². The first-order chi connectivity index (χ1) is 33.0. The zero-order chi connectivity index (χ0) is 49.9. The zero-order valence-electron chi connectivity index (χ0n) is 45.8. The number of phosphoric acid groups is 1. The molecule has 0 fully saturated rings. The minimum absolute atomic E-state index is 0.00604. The highest BCUT2D eigenvalue weighted by molar-refractivity contribution is 7.45. The van der Waals surface area contributed by atoms with Gasteiger partial charge in [-0.15, -0.1) is 0 Å². The second-order valence-electron chi connectivity index (χ2n) is 21.3. The van der Waals surface area contributed by atoms with Crippen LogP contribution in [0.15, 0.2) is 36.5 Å². The molecular weight excluding hydrogens is 864 g/mol. The molecule has 0 bridgehead atoms. The number of carbonyl (C=O) groups excluding carboxylic acids is 1. The number of likely N-dealkylation sites (N-methyl/N-ethyl adjacent to an activating group) is 1. The van der Waals surface area contributed by atoms with Gasteiger partial charge in [-0.05, 0) is 57.8 Å². The third-order valence-electron chi connectivity index (χ3n) is 13.3. The van der Waals surface area contributed by atoms with Gasteiger partial charge in [-0.25, -0.2) is 0 Å². The van der Waals surface area contributed by atoms with E-state index in [-0.39, 0.29) is 12.5 Å². The lowest BCUT2D eigenvalue weighted by molar-refractivity contribution is -0.870. The van der Waals surface area contributed by atoms with Gasteiger partial charge < -0.3 is 28.8 Å². The van der Waals surface area contributed by atoms with Gasteiger partial charge in [0.1, 0.15) is 13.2 Å². The minimum atomic E-state index is -4.61. The van der Waals surface area contributed by atoms with Crippen molar-refractivity contribution in [2.24, 2.45) is 0 Å². The predicted molar refractivity (Wildman–Crippen MR) is 293 cm³/mol. The average Bonchev–Trinajstić information content (AvgIpc) is 3.30. The van der Waals surface area contributed by atoms with Crippen molar-refractivity contribution in [1.29, 1.82) is 0 Å². The van der Waals surface area contributed by atoms with E-state index >= 15 is 0 Å². The second kappa shape index (κ2) is 50.7. The highest BCUT2D eigenvalue weighted by atomic mass is 31.2. The Hall–Kier alpha value is -1.28. The van der Waals surface area contributed by atoms with Crippen LogP contribution in [0.1, 0.15) is 284 Å². The van der Waals surface area contributed by atoms with Crippen LogP contribution in [0.2, 0.25) is 0 Å². The van der Waals surface area contributed by atoms with Crippen LogP contribution in [-0.4, -0.2) is 68.5 Å². The molecule has 3 unspecified atom stereocenters. The highest BCUT2D eigenvalue weighted by Crippen LogP contribution is 2.38. The van der Waals surface area contributed by atoms with Gasteiger partial charge >= 0.3 is 0 Å². The molecule has 0 rings (SSSR count). The number of phosphoric ester groups is 1. The van der Waals surface area contributed by atoms with Gasteiger partial charge in [0, 0.05) is 6.42 Å². The van der Waals surface area contributed by atoms with E-state index in [1.54, 1.807) is 6.08 Å². The molecule has 68 heavy (non-hydrogen) atoms. The maximum Gasteiger partial charge on any atom is 0.268 e. The number of hydrogen-bond acceptors (Lipinski definition) is 6.